The minimum absolute atomic E-state index is 0.155. The molecule has 1 saturated heterocycles. The molecule has 0 spiro atoms. The summed E-state index contributed by atoms with van der Waals surface area (Å²) in [6, 6.07) is 8.60. The van der Waals surface area contributed by atoms with Crippen molar-refractivity contribution in [2.45, 2.75) is 25.8 Å². The average Bonchev–Trinajstić information content (AvgIpc) is 2.40. The number of aliphatic hydroxyl groups excluding tert-OH is 1. The molecule has 1 fully saturated rings. The van der Waals surface area contributed by atoms with Crippen molar-refractivity contribution in [3.63, 3.8) is 0 Å². The van der Waals surface area contributed by atoms with Crippen LogP contribution in [0.3, 0.4) is 0 Å². The van der Waals surface area contributed by atoms with Crippen LogP contribution in [0.5, 0.6) is 0 Å². The summed E-state index contributed by atoms with van der Waals surface area (Å²) in [5, 5.41) is 9.36. The molecular weight excluding hydrogens is 226 g/mol. The van der Waals surface area contributed by atoms with Crippen LogP contribution in [0, 0.1) is 0 Å². The minimum atomic E-state index is -0.155. The van der Waals surface area contributed by atoms with Crippen molar-refractivity contribution >= 4 is 0 Å². The molecule has 1 aliphatic heterocycles. The van der Waals surface area contributed by atoms with Gasteiger partial charge in [0.25, 0.3) is 0 Å². The maximum atomic E-state index is 9.36. The van der Waals surface area contributed by atoms with Crippen LogP contribution >= 0.6 is 0 Å². The van der Waals surface area contributed by atoms with E-state index >= 15 is 0 Å². The van der Waals surface area contributed by atoms with E-state index in [1.807, 2.05) is 0 Å². The van der Waals surface area contributed by atoms with Gasteiger partial charge in [-0.1, -0.05) is 38.1 Å². The molecule has 0 saturated carbocycles. The number of benzene rings is 1. The molecule has 0 unspecified atom stereocenters. The molecule has 3 heteroatoms. The summed E-state index contributed by atoms with van der Waals surface area (Å²) in [5.41, 5.74) is 2.36. The molecule has 1 heterocycles. The molecule has 1 N–H and O–H groups in total. The maximum absolute atomic E-state index is 9.36. The van der Waals surface area contributed by atoms with Crippen LogP contribution in [-0.4, -0.2) is 42.9 Å². The largest absolute Gasteiger partial charge is 0.395 e. The Morgan fingerprint density at radius 3 is 2.33 bits per heavy atom. The molecule has 0 radical (unpaired) electrons. The number of aliphatic hydroxyl groups is 1. The second-order valence-corrected chi connectivity index (χ2v) is 5.63. The standard InChI is InChI=1S/C15H23NO2/c1-15(2,12-17)14-5-3-13(4-6-14)11-16-7-9-18-10-8-16/h3-6,17H,7-12H2,1-2H3. The highest BCUT2D eigenvalue weighted by atomic mass is 16.5. The van der Waals surface area contributed by atoms with E-state index in [0.717, 1.165) is 32.8 Å². The van der Waals surface area contributed by atoms with Gasteiger partial charge in [-0.3, -0.25) is 4.90 Å². The van der Waals surface area contributed by atoms with Crippen LogP contribution in [0.25, 0.3) is 0 Å². The van der Waals surface area contributed by atoms with Gasteiger partial charge in [0.15, 0.2) is 0 Å². The van der Waals surface area contributed by atoms with Gasteiger partial charge in [-0.25, -0.2) is 0 Å². The Bertz CT molecular complexity index is 367. The van der Waals surface area contributed by atoms with Gasteiger partial charge in [-0.15, -0.1) is 0 Å². The molecule has 3 nitrogen and oxygen atoms in total. The zero-order valence-corrected chi connectivity index (χ0v) is 11.4. The first-order valence-electron chi connectivity index (χ1n) is 6.62. The monoisotopic (exact) mass is 249 g/mol. The first-order valence-corrected chi connectivity index (χ1v) is 6.62. The third-order valence-electron chi connectivity index (χ3n) is 3.64. The summed E-state index contributed by atoms with van der Waals surface area (Å²) >= 11 is 0. The summed E-state index contributed by atoms with van der Waals surface area (Å²) in [4.78, 5) is 2.41. The first-order chi connectivity index (χ1) is 8.62. The lowest BCUT2D eigenvalue weighted by atomic mass is 9.85. The van der Waals surface area contributed by atoms with E-state index in [0.29, 0.717) is 0 Å². The number of nitrogens with zero attached hydrogens (tertiary/aromatic N) is 1. The molecule has 2 rings (SSSR count). The van der Waals surface area contributed by atoms with Crippen LogP contribution in [-0.2, 0) is 16.7 Å². The second-order valence-electron chi connectivity index (χ2n) is 5.63. The summed E-state index contributed by atoms with van der Waals surface area (Å²) in [5.74, 6) is 0. The lowest BCUT2D eigenvalue weighted by Crippen LogP contribution is -2.35. The zero-order valence-electron chi connectivity index (χ0n) is 11.4. The van der Waals surface area contributed by atoms with Crippen molar-refractivity contribution in [1.29, 1.82) is 0 Å². The van der Waals surface area contributed by atoms with E-state index in [1.54, 1.807) is 0 Å². The fraction of sp³-hybridized carbons (Fsp3) is 0.600. The van der Waals surface area contributed by atoms with Gasteiger partial charge >= 0.3 is 0 Å². The zero-order chi connectivity index (χ0) is 13.0. The van der Waals surface area contributed by atoms with Crippen LogP contribution in [0.1, 0.15) is 25.0 Å². The first kappa shape index (κ1) is 13.5. The Morgan fingerprint density at radius 2 is 1.78 bits per heavy atom. The van der Waals surface area contributed by atoms with E-state index < -0.39 is 0 Å². The smallest absolute Gasteiger partial charge is 0.0594 e. The van der Waals surface area contributed by atoms with Gasteiger partial charge in [0, 0.05) is 25.0 Å². The average molecular weight is 249 g/mol. The number of ether oxygens (including phenoxy) is 1. The van der Waals surface area contributed by atoms with Gasteiger partial charge in [0.2, 0.25) is 0 Å². The predicted octanol–water partition coefficient (Wildman–Crippen LogP) is 1.79. The Kier molecular flexibility index (Phi) is 4.38. The highest BCUT2D eigenvalue weighted by Crippen LogP contribution is 2.22. The molecule has 0 atom stereocenters. The van der Waals surface area contributed by atoms with Crippen molar-refractivity contribution in [1.82, 2.24) is 4.90 Å². The summed E-state index contributed by atoms with van der Waals surface area (Å²) in [7, 11) is 0. The Labute approximate surface area is 109 Å². The van der Waals surface area contributed by atoms with E-state index in [1.165, 1.54) is 11.1 Å². The molecule has 0 amide bonds. The SMILES string of the molecule is CC(C)(CO)c1ccc(CN2CCOCC2)cc1. The maximum Gasteiger partial charge on any atom is 0.0594 e. The van der Waals surface area contributed by atoms with Crippen molar-refractivity contribution in [2.24, 2.45) is 0 Å². The highest BCUT2D eigenvalue weighted by molar-refractivity contribution is 5.28. The molecule has 1 aromatic rings. The Morgan fingerprint density at radius 1 is 1.17 bits per heavy atom. The third-order valence-corrected chi connectivity index (χ3v) is 3.64. The van der Waals surface area contributed by atoms with Gasteiger partial charge in [-0.05, 0) is 11.1 Å². The molecule has 1 aromatic carbocycles. The Balaban J connectivity index is 1.99. The van der Waals surface area contributed by atoms with Crippen molar-refractivity contribution < 1.29 is 9.84 Å². The lowest BCUT2D eigenvalue weighted by molar-refractivity contribution is 0.0342. The predicted molar refractivity (Wildman–Crippen MR) is 72.6 cm³/mol. The van der Waals surface area contributed by atoms with Gasteiger partial charge in [-0.2, -0.15) is 0 Å². The van der Waals surface area contributed by atoms with E-state index in [2.05, 4.69) is 43.0 Å². The lowest BCUT2D eigenvalue weighted by Gasteiger charge is -2.27. The molecule has 0 bridgehead atoms. The molecular formula is C15H23NO2. The minimum Gasteiger partial charge on any atom is -0.395 e. The van der Waals surface area contributed by atoms with E-state index in [9.17, 15) is 5.11 Å². The normalized spacial score (nSPS) is 17.9. The quantitative estimate of drug-likeness (QED) is 0.883. The molecule has 100 valence electrons. The molecule has 1 aliphatic rings. The fourth-order valence-corrected chi connectivity index (χ4v) is 2.17. The summed E-state index contributed by atoms with van der Waals surface area (Å²) in [6.07, 6.45) is 0. The van der Waals surface area contributed by atoms with Crippen molar-refractivity contribution in [3.05, 3.63) is 35.4 Å². The molecule has 18 heavy (non-hydrogen) atoms. The summed E-state index contributed by atoms with van der Waals surface area (Å²) in [6.45, 7) is 9.01. The fourth-order valence-electron chi connectivity index (χ4n) is 2.17. The van der Waals surface area contributed by atoms with Crippen LogP contribution < -0.4 is 0 Å². The Hall–Kier alpha value is -0.900. The topological polar surface area (TPSA) is 32.7 Å². The molecule has 0 aromatic heterocycles. The van der Waals surface area contributed by atoms with Crippen LogP contribution in [0.4, 0.5) is 0 Å². The number of hydrogen-bond acceptors (Lipinski definition) is 3. The van der Waals surface area contributed by atoms with Gasteiger partial charge < -0.3 is 9.84 Å². The van der Waals surface area contributed by atoms with Crippen LogP contribution in [0.15, 0.2) is 24.3 Å². The van der Waals surface area contributed by atoms with Gasteiger partial charge in [0.05, 0.1) is 19.8 Å². The van der Waals surface area contributed by atoms with E-state index in [4.69, 9.17) is 4.74 Å². The molecule has 0 aliphatic carbocycles. The second kappa shape index (κ2) is 5.83. The van der Waals surface area contributed by atoms with Gasteiger partial charge in [0.1, 0.15) is 0 Å². The van der Waals surface area contributed by atoms with E-state index in [-0.39, 0.29) is 12.0 Å². The highest BCUT2D eigenvalue weighted by Gasteiger charge is 2.19. The number of morpholine rings is 1. The number of hydrogen-bond donors (Lipinski definition) is 1. The van der Waals surface area contributed by atoms with Crippen molar-refractivity contribution in [2.75, 3.05) is 32.9 Å². The third kappa shape index (κ3) is 3.31. The van der Waals surface area contributed by atoms with Crippen LogP contribution in [0.2, 0.25) is 0 Å². The summed E-state index contributed by atoms with van der Waals surface area (Å²) < 4.78 is 5.35. The van der Waals surface area contributed by atoms with Crippen molar-refractivity contribution in [3.8, 4) is 0 Å². The number of rotatable bonds is 4.